The highest BCUT2D eigenvalue weighted by molar-refractivity contribution is 5.87. The van der Waals surface area contributed by atoms with E-state index < -0.39 is 35.7 Å². The van der Waals surface area contributed by atoms with Crippen LogP contribution in [0.2, 0.25) is 0 Å². The molecule has 3 aromatic carbocycles. The topological polar surface area (TPSA) is 141 Å². The minimum atomic E-state index is -0.975. The number of nitrogens with one attached hydrogen (secondary N) is 3. The molecule has 11 nitrogen and oxygen atoms in total. The first-order chi connectivity index (χ1) is 21.5. The lowest BCUT2D eigenvalue weighted by Gasteiger charge is -2.19. The zero-order valence-electron chi connectivity index (χ0n) is 25.9. The number of carbonyl (C=O) groups excluding carboxylic acids is 4. The zero-order valence-corrected chi connectivity index (χ0v) is 25.9. The molecule has 1 atom stereocenters. The summed E-state index contributed by atoms with van der Waals surface area (Å²) >= 11 is 0. The second-order valence-corrected chi connectivity index (χ2v) is 11.4. The van der Waals surface area contributed by atoms with E-state index in [-0.39, 0.29) is 38.6 Å². The fraction of sp³-hybridized carbons (Fsp3) is 0.353. The Morgan fingerprint density at radius 2 is 1.44 bits per heavy atom. The van der Waals surface area contributed by atoms with Crippen LogP contribution in [0.4, 0.5) is 9.59 Å². The summed E-state index contributed by atoms with van der Waals surface area (Å²) in [7, 11) is 1.23. The summed E-state index contributed by atoms with van der Waals surface area (Å²) in [5.74, 6) is -0.739. The predicted molar refractivity (Wildman–Crippen MR) is 167 cm³/mol. The third-order valence-corrected chi connectivity index (χ3v) is 6.96. The summed E-state index contributed by atoms with van der Waals surface area (Å²) in [6.45, 7) is 5.58. The van der Waals surface area contributed by atoms with Crippen molar-refractivity contribution in [1.82, 2.24) is 16.0 Å². The summed E-state index contributed by atoms with van der Waals surface area (Å²) < 4.78 is 21.2. The number of benzene rings is 3. The molecule has 0 aromatic heterocycles. The molecule has 0 spiro atoms. The Labute approximate surface area is 262 Å². The van der Waals surface area contributed by atoms with E-state index in [0.717, 1.165) is 27.8 Å². The minimum absolute atomic E-state index is 0.105. The standard InChI is InChI=1S/C34H39N3O8/c1-34(2,3)45-33(41)35-17-18-43-23-15-13-22(14-16-23)19-29(31(39)42-4)37-30(38)20-36-32(40)44-21-28-26-11-7-5-9-24(26)25-10-6-8-12-27(25)28/h5-16,28-29H,17-21H2,1-4H3,(H,35,41)(H,36,40)(H,37,38). The molecule has 0 fully saturated rings. The van der Waals surface area contributed by atoms with Gasteiger partial charge in [0.15, 0.2) is 0 Å². The van der Waals surface area contributed by atoms with Gasteiger partial charge in [-0.25, -0.2) is 14.4 Å². The van der Waals surface area contributed by atoms with Gasteiger partial charge >= 0.3 is 18.2 Å². The smallest absolute Gasteiger partial charge is 0.407 e. The van der Waals surface area contributed by atoms with E-state index in [2.05, 4.69) is 16.0 Å². The quantitative estimate of drug-likeness (QED) is 0.155. The normalized spacial score (nSPS) is 12.6. The van der Waals surface area contributed by atoms with Crippen molar-refractivity contribution in [3.63, 3.8) is 0 Å². The second-order valence-electron chi connectivity index (χ2n) is 11.4. The number of hydrogen-bond donors (Lipinski definition) is 3. The van der Waals surface area contributed by atoms with E-state index in [1.165, 1.54) is 7.11 Å². The van der Waals surface area contributed by atoms with E-state index in [4.69, 9.17) is 18.9 Å². The van der Waals surface area contributed by atoms with Gasteiger partial charge in [0.1, 0.15) is 37.2 Å². The summed E-state index contributed by atoms with van der Waals surface area (Å²) in [4.78, 5) is 49.2. The van der Waals surface area contributed by atoms with E-state index >= 15 is 0 Å². The van der Waals surface area contributed by atoms with Crippen LogP contribution in [0.1, 0.15) is 43.4 Å². The molecule has 0 aliphatic heterocycles. The second kappa shape index (κ2) is 15.1. The first-order valence-corrected chi connectivity index (χ1v) is 14.7. The van der Waals surface area contributed by atoms with Crippen LogP contribution in [0.15, 0.2) is 72.8 Å². The average Bonchev–Trinajstić information content (AvgIpc) is 3.33. The summed E-state index contributed by atoms with van der Waals surface area (Å²) in [5, 5.41) is 7.68. The van der Waals surface area contributed by atoms with Gasteiger partial charge in [-0.3, -0.25) is 4.79 Å². The highest BCUT2D eigenvalue weighted by Crippen LogP contribution is 2.44. The SMILES string of the molecule is COC(=O)C(Cc1ccc(OCCNC(=O)OC(C)(C)C)cc1)NC(=O)CNC(=O)OCC1c2ccccc2-c2ccccc21. The summed E-state index contributed by atoms with van der Waals surface area (Å²) in [6, 6.07) is 22.0. The molecule has 3 aromatic rings. The molecule has 1 aliphatic carbocycles. The largest absolute Gasteiger partial charge is 0.492 e. The molecule has 1 aliphatic rings. The van der Waals surface area contributed by atoms with E-state index in [9.17, 15) is 19.2 Å². The minimum Gasteiger partial charge on any atom is -0.492 e. The summed E-state index contributed by atoms with van der Waals surface area (Å²) in [6.07, 6.45) is -1.10. The van der Waals surface area contributed by atoms with Crippen LogP contribution < -0.4 is 20.7 Å². The Kier molecular flexibility index (Phi) is 11.0. The molecule has 4 rings (SSSR count). The number of alkyl carbamates (subject to hydrolysis) is 2. The predicted octanol–water partition coefficient (Wildman–Crippen LogP) is 4.33. The van der Waals surface area contributed by atoms with Gasteiger partial charge in [-0.1, -0.05) is 60.7 Å². The number of hydrogen-bond acceptors (Lipinski definition) is 8. The number of carbonyl (C=O) groups is 4. The maximum Gasteiger partial charge on any atom is 0.407 e. The van der Waals surface area contributed by atoms with Crippen LogP contribution in [-0.2, 0) is 30.2 Å². The van der Waals surface area contributed by atoms with Crippen molar-refractivity contribution in [2.24, 2.45) is 0 Å². The number of ether oxygens (including phenoxy) is 4. The van der Waals surface area contributed by atoms with Crippen molar-refractivity contribution in [2.75, 3.05) is 33.4 Å². The Morgan fingerprint density at radius 3 is 2.04 bits per heavy atom. The first kappa shape index (κ1) is 32.8. The number of amides is 3. The molecule has 11 heteroatoms. The van der Waals surface area contributed by atoms with Crippen LogP contribution >= 0.6 is 0 Å². The van der Waals surface area contributed by atoms with E-state index in [1.54, 1.807) is 45.0 Å². The fourth-order valence-electron chi connectivity index (χ4n) is 4.98. The van der Waals surface area contributed by atoms with Crippen molar-refractivity contribution in [2.45, 2.75) is 44.8 Å². The molecule has 238 valence electrons. The van der Waals surface area contributed by atoms with Crippen molar-refractivity contribution < 1.29 is 38.1 Å². The summed E-state index contributed by atoms with van der Waals surface area (Å²) in [5.41, 5.74) is 4.56. The maximum absolute atomic E-state index is 12.6. The van der Waals surface area contributed by atoms with Crippen molar-refractivity contribution in [1.29, 1.82) is 0 Å². The molecule has 0 saturated heterocycles. The van der Waals surface area contributed by atoms with Crippen molar-refractivity contribution in [3.05, 3.63) is 89.5 Å². The zero-order chi connectivity index (χ0) is 32.4. The van der Waals surface area contributed by atoms with Gasteiger partial charge < -0.3 is 34.9 Å². The first-order valence-electron chi connectivity index (χ1n) is 14.7. The average molecular weight is 618 g/mol. The molecule has 0 bridgehead atoms. The lowest BCUT2D eigenvalue weighted by molar-refractivity contribution is -0.144. The molecule has 0 heterocycles. The highest BCUT2D eigenvalue weighted by Gasteiger charge is 2.29. The number of esters is 1. The van der Waals surface area contributed by atoms with Gasteiger partial charge in [0.2, 0.25) is 5.91 Å². The van der Waals surface area contributed by atoms with E-state index in [0.29, 0.717) is 5.75 Å². The molecule has 1 unspecified atom stereocenters. The van der Waals surface area contributed by atoms with Crippen LogP contribution in [0.5, 0.6) is 5.75 Å². The Hall–Kier alpha value is -5.06. The molecular weight excluding hydrogens is 578 g/mol. The molecule has 45 heavy (non-hydrogen) atoms. The fourth-order valence-corrected chi connectivity index (χ4v) is 4.98. The van der Waals surface area contributed by atoms with Gasteiger partial charge in [0.25, 0.3) is 0 Å². The lowest BCUT2D eigenvalue weighted by Crippen LogP contribution is -2.47. The van der Waals surface area contributed by atoms with Gasteiger partial charge in [-0.05, 0) is 60.7 Å². The van der Waals surface area contributed by atoms with Crippen molar-refractivity contribution >= 4 is 24.1 Å². The molecule has 0 radical (unpaired) electrons. The maximum atomic E-state index is 12.6. The Balaban J connectivity index is 1.21. The van der Waals surface area contributed by atoms with Gasteiger partial charge in [-0.2, -0.15) is 0 Å². The van der Waals surface area contributed by atoms with E-state index in [1.807, 2.05) is 48.5 Å². The lowest BCUT2D eigenvalue weighted by atomic mass is 9.98. The molecule has 3 amide bonds. The number of fused-ring (bicyclic) bond motifs is 3. The molecular formula is C34H39N3O8. The van der Waals surface area contributed by atoms with Crippen LogP contribution in [0.25, 0.3) is 11.1 Å². The monoisotopic (exact) mass is 617 g/mol. The Bertz CT molecular complexity index is 1450. The Morgan fingerprint density at radius 1 is 0.822 bits per heavy atom. The molecule has 0 saturated carbocycles. The number of rotatable bonds is 12. The third kappa shape index (κ3) is 9.46. The van der Waals surface area contributed by atoms with Crippen LogP contribution in [0, 0.1) is 0 Å². The third-order valence-electron chi connectivity index (χ3n) is 6.96. The molecule has 3 N–H and O–H groups in total. The highest BCUT2D eigenvalue weighted by atomic mass is 16.6. The van der Waals surface area contributed by atoms with Crippen molar-refractivity contribution in [3.8, 4) is 16.9 Å². The van der Waals surface area contributed by atoms with Gasteiger partial charge in [-0.15, -0.1) is 0 Å². The van der Waals surface area contributed by atoms with Gasteiger partial charge in [0, 0.05) is 12.3 Å². The van der Waals surface area contributed by atoms with Crippen LogP contribution in [-0.4, -0.2) is 69.1 Å². The number of methoxy groups -OCH3 is 1. The van der Waals surface area contributed by atoms with Crippen LogP contribution in [0.3, 0.4) is 0 Å². The van der Waals surface area contributed by atoms with Gasteiger partial charge in [0.05, 0.1) is 13.7 Å².